The quantitative estimate of drug-likeness (QED) is 0.860. The van der Waals surface area contributed by atoms with Gasteiger partial charge < -0.3 is 10.2 Å². The molecule has 4 nitrogen and oxygen atoms in total. The van der Waals surface area contributed by atoms with Crippen LogP contribution in [0.1, 0.15) is 6.92 Å². The van der Waals surface area contributed by atoms with Gasteiger partial charge in [0, 0.05) is 19.0 Å². The first-order valence-electron chi connectivity index (χ1n) is 5.57. The average molecular weight is 229 g/mol. The first-order chi connectivity index (χ1) is 8.20. The van der Waals surface area contributed by atoms with Crippen LogP contribution >= 0.6 is 0 Å². The zero-order valence-electron chi connectivity index (χ0n) is 9.97. The minimum absolute atomic E-state index is 0.121. The van der Waals surface area contributed by atoms with Crippen LogP contribution < -0.4 is 5.32 Å². The molecule has 88 valence electrons. The van der Waals surface area contributed by atoms with Gasteiger partial charge in [-0.2, -0.15) is 0 Å². The fourth-order valence-electron chi connectivity index (χ4n) is 1.50. The fraction of sp³-hybridized carbons (Fsp3) is 0.231. The minimum Gasteiger partial charge on any atom is -0.328 e. The molecule has 0 aliphatic carbocycles. The minimum atomic E-state index is -0.121. The van der Waals surface area contributed by atoms with Gasteiger partial charge >= 0.3 is 6.03 Å². The molecule has 1 aromatic heterocycles. The lowest BCUT2D eigenvalue weighted by Crippen LogP contribution is -2.30. The molecule has 0 aliphatic rings. The normalized spacial score (nSPS) is 10.2. The Morgan fingerprint density at radius 3 is 2.94 bits per heavy atom. The number of amides is 2. The molecule has 2 rings (SSSR count). The van der Waals surface area contributed by atoms with E-state index in [-0.39, 0.29) is 6.03 Å². The molecule has 0 spiro atoms. The topological polar surface area (TPSA) is 45.2 Å². The highest BCUT2D eigenvalue weighted by atomic mass is 16.2. The number of anilines is 1. The van der Waals surface area contributed by atoms with Crippen LogP contribution in [0.5, 0.6) is 0 Å². The van der Waals surface area contributed by atoms with Crippen LogP contribution in [0, 0.1) is 0 Å². The molecular weight excluding hydrogens is 214 g/mol. The summed E-state index contributed by atoms with van der Waals surface area (Å²) < 4.78 is 0. The Morgan fingerprint density at radius 2 is 2.18 bits per heavy atom. The van der Waals surface area contributed by atoms with Crippen LogP contribution in [0.15, 0.2) is 36.5 Å². The van der Waals surface area contributed by atoms with Crippen LogP contribution in [-0.4, -0.2) is 29.5 Å². The highest BCUT2D eigenvalue weighted by Crippen LogP contribution is 2.16. The highest BCUT2D eigenvalue weighted by molar-refractivity contribution is 5.91. The fourth-order valence-corrected chi connectivity index (χ4v) is 1.50. The van der Waals surface area contributed by atoms with Gasteiger partial charge in [0.2, 0.25) is 0 Å². The van der Waals surface area contributed by atoms with E-state index in [2.05, 4.69) is 10.3 Å². The lowest BCUT2D eigenvalue weighted by molar-refractivity contribution is 0.224. The van der Waals surface area contributed by atoms with Crippen LogP contribution in [0.2, 0.25) is 0 Å². The summed E-state index contributed by atoms with van der Waals surface area (Å²) in [4.78, 5) is 17.6. The molecule has 1 aromatic carbocycles. The third-order valence-corrected chi connectivity index (χ3v) is 2.66. The van der Waals surface area contributed by atoms with Crippen molar-refractivity contribution in [2.24, 2.45) is 0 Å². The number of carbonyl (C=O) groups excluding carboxylic acids is 1. The van der Waals surface area contributed by atoms with Gasteiger partial charge in [-0.25, -0.2) is 4.79 Å². The van der Waals surface area contributed by atoms with E-state index in [1.54, 1.807) is 18.1 Å². The van der Waals surface area contributed by atoms with Crippen molar-refractivity contribution in [3.63, 3.8) is 0 Å². The summed E-state index contributed by atoms with van der Waals surface area (Å²) in [5.74, 6) is 0. The van der Waals surface area contributed by atoms with Gasteiger partial charge in [-0.1, -0.05) is 18.2 Å². The molecule has 4 heteroatoms. The van der Waals surface area contributed by atoms with E-state index in [9.17, 15) is 4.79 Å². The number of benzene rings is 1. The first kappa shape index (κ1) is 11.4. The lowest BCUT2D eigenvalue weighted by Gasteiger charge is -2.15. The predicted octanol–water partition coefficient (Wildman–Crippen LogP) is 2.72. The van der Waals surface area contributed by atoms with Crippen molar-refractivity contribution in [2.45, 2.75) is 6.92 Å². The molecule has 1 N–H and O–H groups in total. The second kappa shape index (κ2) is 4.82. The van der Waals surface area contributed by atoms with Gasteiger partial charge in [0.25, 0.3) is 0 Å². The molecule has 0 atom stereocenters. The van der Waals surface area contributed by atoms with Gasteiger partial charge in [0.05, 0.1) is 17.4 Å². The summed E-state index contributed by atoms with van der Waals surface area (Å²) in [6.07, 6.45) is 1.67. The molecule has 2 aromatic rings. The molecule has 1 heterocycles. The second-order valence-corrected chi connectivity index (χ2v) is 3.86. The van der Waals surface area contributed by atoms with E-state index >= 15 is 0 Å². The summed E-state index contributed by atoms with van der Waals surface area (Å²) >= 11 is 0. The van der Waals surface area contributed by atoms with Gasteiger partial charge in [-0.15, -0.1) is 0 Å². The Labute approximate surface area is 100 Å². The van der Waals surface area contributed by atoms with Gasteiger partial charge in [0.1, 0.15) is 0 Å². The van der Waals surface area contributed by atoms with Crippen LogP contribution in [-0.2, 0) is 0 Å². The summed E-state index contributed by atoms with van der Waals surface area (Å²) in [6.45, 7) is 2.60. The van der Waals surface area contributed by atoms with Crippen molar-refractivity contribution in [2.75, 3.05) is 18.9 Å². The third kappa shape index (κ3) is 2.53. The van der Waals surface area contributed by atoms with E-state index in [0.29, 0.717) is 12.2 Å². The summed E-state index contributed by atoms with van der Waals surface area (Å²) in [6, 6.07) is 9.61. The van der Waals surface area contributed by atoms with Crippen molar-refractivity contribution < 1.29 is 4.79 Å². The Morgan fingerprint density at radius 1 is 1.41 bits per heavy atom. The number of urea groups is 1. The maximum Gasteiger partial charge on any atom is 0.321 e. The van der Waals surface area contributed by atoms with Crippen LogP contribution in [0.4, 0.5) is 10.5 Å². The smallest absolute Gasteiger partial charge is 0.321 e. The lowest BCUT2D eigenvalue weighted by atomic mass is 10.2. The Balaban J connectivity index is 2.22. The maximum absolute atomic E-state index is 11.7. The van der Waals surface area contributed by atoms with E-state index in [4.69, 9.17) is 0 Å². The number of nitrogens with zero attached hydrogens (tertiary/aromatic N) is 2. The van der Waals surface area contributed by atoms with Crippen molar-refractivity contribution >= 4 is 22.6 Å². The zero-order chi connectivity index (χ0) is 12.3. The first-order valence-corrected chi connectivity index (χ1v) is 5.57. The number of nitrogens with one attached hydrogen (secondary N) is 1. The number of carbonyl (C=O) groups is 1. The summed E-state index contributed by atoms with van der Waals surface area (Å²) in [7, 11) is 1.75. The third-order valence-electron chi connectivity index (χ3n) is 2.66. The molecule has 0 bridgehead atoms. The number of hydrogen-bond donors (Lipinski definition) is 1. The van der Waals surface area contributed by atoms with Crippen LogP contribution in [0.3, 0.4) is 0 Å². The van der Waals surface area contributed by atoms with Gasteiger partial charge in [-0.05, 0) is 19.1 Å². The number of fused-ring (bicyclic) bond motifs is 1. The largest absolute Gasteiger partial charge is 0.328 e. The summed E-state index contributed by atoms with van der Waals surface area (Å²) in [5.41, 5.74) is 1.64. The Kier molecular flexibility index (Phi) is 3.23. The van der Waals surface area contributed by atoms with Crippen LogP contribution in [0.25, 0.3) is 10.9 Å². The Hall–Kier alpha value is -2.10. The molecule has 17 heavy (non-hydrogen) atoms. The molecule has 0 saturated carbocycles. The molecule has 0 unspecified atom stereocenters. The summed E-state index contributed by atoms with van der Waals surface area (Å²) in [5, 5.41) is 3.83. The number of pyridine rings is 1. The van der Waals surface area contributed by atoms with Crippen molar-refractivity contribution in [1.82, 2.24) is 9.88 Å². The van der Waals surface area contributed by atoms with Crippen molar-refractivity contribution in [3.05, 3.63) is 36.5 Å². The zero-order valence-corrected chi connectivity index (χ0v) is 9.97. The SMILES string of the molecule is CCN(C)C(=O)Nc1cnc2ccccc2c1. The number of rotatable bonds is 2. The van der Waals surface area contributed by atoms with E-state index < -0.39 is 0 Å². The highest BCUT2D eigenvalue weighted by Gasteiger charge is 2.06. The molecule has 0 fully saturated rings. The average Bonchev–Trinajstić information content (AvgIpc) is 2.37. The standard InChI is InChI=1S/C13H15N3O/c1-3-16(2)13(17)15-11-8-10-6-4-5-7-12(10)14-9-11/h4-9H,3H2,1-2H3,(H,15,17). The van der Waals surface area contributed by atoms with Gasteiger partial charge in [-0.3, -0.25) is 4.98 Å². The van der Waals surface area contributed by atoms with E-state index in [1.165, 1.54) is 0 Å². The molecule has 2 amide bonds. The predicted molar refractivity (Wildman–Crippen MR) is 69.1 cm³/mol. The molecule has 0 saturated heterocycles. The molecular formula is C13H15N3O. The number of aromatic nitrogens is 1. The van der Waals surface area contributed by atoms with E-state index in [1.807, 2.05) is 37.3 Å². The maximum atomic E-state index is 11.7. The molecule has 0 radical (unpaired) electrons. The second-order valence-electron chi connectivity index (χ2n) is 3.86. The van der Waals surface area contributed by atoms with Crippen molar-refractivity contribution in [1.29, 1.82) is 0 Å². The number of para-hydroxylation sites is 1. The number of hydrogen-bond acceptors (Lipinski definition) is 2. The Bertz CT molecular complexity index is 539. The van der Waals surface area contributed by atoms with Gasteiger partial charge in [0.15, 0.2) is 0 Å². The van der Waals surface area contributed by atoms with E-state index in [0.717, 1.165) is 10.9 Å². The monoisotopic (exact) mass is 229 g/mol. The molecule has 0 aliphatic heterocycles. The van der Waals surface area contributed by atoms with Crippen molar-refractivity contribution in [3.8, 4) is 0 Å².